The maximum Gasteiger partial charge on any atom is 0.280 e. The van der Waals surface area contributed by atoms with Crippen LogP contribution in [0.5, 0.6) is 0 Å². The highest BCUT2D eigenvalue weighted by Gasteiger charge is 2.19. The van der Waals surface area contributed by atoms with Gasteiger partial charge in [-0.25, -0.2) is 9.07 Å². The van der Waals surface area contributed by atoms with E-state index in [4.69, 9.17) is 5.73 Å². The molecule has 3 aromatic rings. The number of hydrogen-bond acceptors (Lipinski definition) is 5. The fraction of sp³-hybridized carbons (Fsp3) is 0.158. The standard InChI is InChI=1S/C19H19FN6O2/c1-11-4-3-5-13(8-11)22-16(27)10-26-18(21)17(24-25-26)19(28)23-14-7-6-12(2)15(20)9-14/h3-9H,10,21H2,1-2H3,(H,22,27)(H,23,28). The number of rotatable bonds is 5. The summed E-state index contributed by atoms with van der Waals surface area (Å²) in [5.41, 5.74) is 8.12. The molecule has 4 N–H and O–H groups in total. The topological polar surface area (TPSA) is 115 Å². The van der Waals surface area contributed by atoms with Crippen LogP contribution >= 0.6 is 0 Å². The van der Waals surface area contributed by atoms with E-state index >= 15 is 0 Å². The summed E-state index contributed by atoms with van der Waals surface area (Å²) < 4.78 is 14.7. The predicted molar refractivity (Wildman–Crippen MR) is 103 cm³/mol. The number of amides is 2. The van der Waals surface area contributed by atoms with Crippen LogP contribution in [0, 0.1) is 19.7 Å². The Morgan fingerprint density at radius 3 is 2.57 bits per heavy atom. The Bertz CT molecular complexity index is 1050. The number of nitrogen functional groups attached to an aromatic ring is 1. The smallest absolute Gasteiger partial charge is 0.280 e. The second-order valence-corrected chi connectivity index (χ2v) is 6.32. The van der Waals surface area contributed by atoms with Crippen molar-refractivity contribution in [3.8, 4) is 0 Å². The third-order valence-electron chi connectivity index (χ3n) is 4.01. The van der Waals surface area contributed by atoms with Gasteiger partial charge >= 0.3 is 0 Å². The molecule has 0 fully saturated rings. The van der Waals surface area contributed by atoms with Crippen LogP contribution in [0.4, 0.5) is 21.6 Å². The van der Waals surface area contributed by atoms with Gasteiger partial charge in [0.2, 0.25) is 5.91 Å². The van der Waals surface area contributed by atoms with E-state index in [1.54, 1.807) is 25.1 Å². The van der Waals surface area contributed by atoms with E-state index in [0.29, 0.717) is 11.3 Å². The molecule has 144 valence electrons. The molecule has 28 heavy (non-hydrogen) atoms. The van der Waals surface area contributed by atoms with Crippen molar-refractivity contribution in [2.75, 3.05) is 16.4 Å². The molecule has 0 atom stereocenters. The highest BCUT2D eigenvalue weighted by molar-refractivity contribution is 6.05. The lowest BCUT2D eigenvalue weighted by Gasteiger charge is -2.07. The molecule has 0 aliphatic heterocycles. The average Bonchev–Trinajstić information content (AvgIpc) is 2.99. The first-order chi connectivity index (χ1) is 13.3. The minimum absolute atomic E-state index is 0.0653. The molecule has 0 aliphatic rings. The van der Waals surface area contributed by atoms with E-state index in [1.807, 2.05) is 25.1 Å². The third-order valence-corrected chi connectivity index (χ3v) is 4.01. The second-order valence-electron chi connectivity index (χ2n) is 6.32. The number of halogens is 1. The van der Waals surface area contributed by atoms with Crippen molar-refractivity contribution >= 4 is 29.0 Å². The van der Waals surface area contributed by atoms with E-state index in [-0.39, 0.29) is 29.7 Å². The zero-order chi connectivity index (χ0) is 20.3. The number of benzene rings is 2. The molecule has 8 nitrogen and oxygen atoms in total. The van der Waals surface area contributed by atoms with Crippen LogP contribution in [0.2, 0.25) is 0 Å². The molecule has 0 radical (unpaired) electrons. The lowest BCUT2D eigenvalue weighted by molar-refractivity contribution is -0.116. The van der Waals surface area contributed by atoms with Crippen molar-refractivity contribution in [2.45, 2.75) is 20.4 Å². The average molecular weight is 382 g/mol. The quantitative estimate of drug-likeness (QED) is 0.627. The number of nitrogens with zero attached hydrogens (tertiary/aromatic N) is 3. The van der Waals surface area contributed by atoms with E-state index < -0.39 is 11.7 Å². The van der Waals surface area contributed by atoms with E-state index in [1.165, 1.54) is 6.07 Å². The molecular weight excluding hydrogens is 363 g/mol. The number of carbonyl (C=O) groups excluding carboxylic acids is 2. The first-order valence-electron chi connectivity index (χ1n) is 8.46. The number of aryl methyl sites for hydroxylation is 2. The van der Waals surface area contributed by atoms with Gasteiger partial charge in [-0.1, -0.05) is 23.4 Å². The largest absolute Gasteiger partial charge is 0.382 e. The monoisotopic (exact) mass is 382 g/mol. The summed E-state index contributed by atoms with van der Waals surface area (Å²) in [6.45, 7) is 3.32. The third kappa shape index (κ3) is 4.32. The lowest BCUT2D eigenvalue weighted by Crippen LogP contribution is -2.21. The Hall–Kier alpha value is -3.75. The Balaban J connectivity index is 1.68. The van der Waals surface area contributed by atoms with Gasteiger partial charge < -0.3 is 16.4 Å². The minimum atomic E-state index is -0.647. The van der Waals surface area contributed by atoms with Gasteiger partial charge in [0.25, 0.3) is 5.91 Å². The fourth-order valence-corrected chi connectivity index (χ4v) is 2.52. The van der Waals surface area contributed by atoms with E-state index in [2.05, 4.69) is 20.9 Å². The Morgan fingerprint density at radius 1 is 1.11 bits per heavy atom. The van der Waals surface area contributed by atoms with Crippen LogP contribution in [0.1, 0.15) is 21.6 Å². The van der Waals surface area contributed by atoms with Crippen molar-refractivity contribution in [1.29, 1.82) is 0 Å². The summed E-state index contributed by atoms with van der Waals surface area (Å²) in [6, 6.07) is 11.6. The molecule has 2 amide bonds. The number of nitrogens with one attached hydrogen (secondary N) is 2. The van der Waals surface area contributed by atoms with Crippen molar-refractivity contribution in [2.24, 2.45) is 0 Å². The van der Waals surface area contributed by atoms with Gasteiger partial charge in [-0.15, -0.1) is 5.10 Å². The first kappa shape index (κ1) is 19.0. The molecule has 0 saturated heterocycles. The summed E-state index contributed by atoms with van der Waals surface area (Å²) in [6.07, 6.45) is 0. The molecule has 1 aromatic heterocycles. The number of carbonyl (C=O) groups is 2. The normalized spacial score (nSPS) is 10.5. The second kappa shape index (κ2) is 7.87. The molecule has 0 saturated carbocycles. The van der Waals surface area contributed by atoms with Crippen molar-refractivity contribution < 1.29 is 14.0 Å². The van der Waals surface area contributed by atoms with E-state index in [9.17, 15) is 14.0 Å². The van der Waals surface area contributed by atoms with Crippen LogP contribution < -0.4 is 16.4 Å². The van der Waals surface area contributed by atoms with Gasteiger partial charge in [0, 0.05) is 11.4 Å². The number of hydrogen-bond donors (Lipinski definition) is 3. The van der Waals surface area contributed by atoms with Gasteiger partial charge in [-0.05, 0) is 49.2 Å². The fourth-order valence-electron chi connectivity index (χ4n) is 2.52. The molecule has 2 aromatic carbocycles. The van der Waals surface area contributed by atoms with Crippen LogP contribution in [0.15, 0.2) is 42.5 Å². The number of aromatic nitrogens is 3. The molecule has 0 spiro atoms. The molecule has 0 unspecified atom stereocenters. The highest BCUT2D eigenvalue weighted by Crippen LogP contribution is 2.16. The molecule has 0 aliphatic carbocycles. The minimum Gasteiger partial charge on any atom is -0.382 e. The number of nitrogens with two attached hydrogens (primary N) is 1. The maximum absolute atomic E-state index is 13.6. The Kier molecular flexibility index (Phi) is 5.35. The summed E-state index contributed by atoms with van der Waals surface area (Å²) in [5, 5.41) is 12.7. The van der Waals surface area contributed by atoms with Crippen LogP contribution in [0.3, 0.4) is 0 Å². The van der Waals surface area contributed by atoms with Crippen LogP contribution in [-0.2, 0) is 11.3 Å². The summed E-state index contributed by atoms with van der Waals surface area (Å²) in [7, 11) is 0. The van der Waals surface area contributed by atoms with Crippen LogP contribution in [0.25, 0.3) is 0 Å². The van der Waals surface area contributed by atoms with Gasteiger partial charge in [-0.3, -0.25) is 9.59 Å². The Labute approximate surface area is 160 Å². The zero-order valence-electron chi connectivity index (χ0n) is 15.4. The first-order valence-corrected chi connectivity index (χ1v) is 8.46. The maximum atomic E-state index is 13.6. The highest BCUT2D eigenvalue weighted by atomic mass is 19.1. The summed E-state index contributed by atoms with van der Waals surface area (Å²) in [4.78, 5) is 24.5. The molecular formula is C19H19FN6O2. The predicted octanol–water partition coefficient (Wildman–Crippen LogP) is 2.51. The molecule has 3 rings (SSSR count). The molecule has 0 bridgehead atoms. The molecule has 9 heteroatoms. The van der Waals surface area contributed by atoms with Gasteiger partial charge in [-0.2, -0.15) is 0 Å². The van der Waals surface area contributed by atoms with Crippen molar-refractivity contribution in [3.63, 3.8) is 0 Å². The number of anilines is 3. The van der Waals surface area contributed by atoms with Crippen LogP contribution in [-0.4, -0.2) is 26.8 Å². The summed E-state index contributed by atoms with van der Waals surface area (Å²) >= 11 is 0. The lowest BCUT2D eigenvalue weighted by atomic mass is 10.2. The van der Waals surface area contributed by atoms with Crippen molar-refractivity contribution in [1.82, 2.24) is 15.0 Å². The summed E-state index contributed by atoms with van der Waals surface area (Å²) in [5.74, 6) is -1.52. The van der Waals surface area contributed by atoms with Gasteiger partial charge in [0.05, 0.1) is 0 Å². The van der Waals surface area contributed by atoms with Gasteiger partial charge in [0.1, 0.15) is 12.4 Å². The molecule has 1 heterocycles. The zero-order valence-corrected chi connectivity index (χ0v) is 15.4. The van der Waals surface area contributed by atoms with Crippen molar-refractivity contribution in [3.05, 3.63) is 65.1 Å². The SMILES string of the molecule is Cc1cccc(NC(=O)Cn2nnc(C(=O)Nc3ccc(C)c(F)c3)c2N)c1. The Morgan fingerprint density at radius 2 is 1.86 bits per heavy atom. The van der Waals surface area contributed by atoms with E-state index in [0.717, 1.165) is 10.2 Å². The van der Waals surface area contributed by atoms with Gasteiger partial charge in [0.15, 0.2) is 11.5 Å².